The van der Waals surface area contributed by atoms with Crippen LogP contribution in [0.25, 0.3) is 11.1 Å². The molecule has 1 heterocycles. The summed E-state index contributed by atoms with van der Waals surface area (Å²) in [5.74, 6) is -0.194. The highest BCUT2D eigenvalue weighted by molar-refractivity contribution is 5.66. The fourth-order valence-corrected chi connectivity index (χ4v) is 3.85. The molecule has 1 aliphatic heterocycles. The molecular formula is C23H22FN. The third-order valence-corrected chi connectivity index (χ3v) is 5.29. The minimum absolute atomic E-state index is 0.194. The predicted molar refractivity (Wildman–Crippen MR) is 102 cm³/mol. The molecule has 0 aliphatic carbocycles. The van der Waals surface area contributed by atoms with Crippen molar-refractivity contribution in [3.63, 3.8) is 0 Å². The van der Waals surface area contributed by atoms with E-state index in [0.29, 0.717) is 6.04 Å². The van der Waals surface area contributed by atoms with E-state index in [4.69, 9.17) is 0 Å². The zero-order chi connectivity index (χ0) is 17.4. The molecule has 0 aromatic heterocycles. The Hall–Kier alpha value is -2.61. The molecule has 0 saturated heterocycles. The van der Waals surface area contributed by atoms with Crippen LogP contribution in [-0.4, -0.2) is 6.54 Å². The summed E-state index contributed by atoms with van der Waals surface area (Å²) in [7, 11) is 0. The largest absolute Gasteiger partial charge is 0.364 e. The number of rotatable bonds is 2. The summed E-state index contributed by atoms with van der Waals surface area (Å²) in [6.45, 7) is 5.49. The van der Waals surface area contributed by atoms with E-state index in [9.17, 15) is 4.39 Å². The number of benzene rings is 3. The van der Waals surface area contributed by atoms with Gasteiger partial charge in [-0.25, -0.2) is 4.39 Å². The maximum atomic E-state index is 13.2. The van der Waals surface area contributed by atoms with Gasteiger partial charge in [0.25, 0.3) is 0 Å². The Labute approximate surface area is 148 Å². The maximum Gasteiger partial charge on any atom is 0.123 e. The second-order valence-corrected chi connectivity index (χ2v) is 6.83. The van der Waals surface area contributed by atoms with Crippen molar-refractivity contribution in [3.8, 4) is 11.1 Å². The Morgan fingerprint density at radius 3 is 2.40 bits per heavy atom. The first-order valence-corrected chi connectivity index (χ1v) is 8.84. The lowest BCUT2D eigenvalue weighted by Crippen LogP contribution is -2.34. The van der Waals surface area contributed by atoms with Gasteiger partial charge in [0, 0.05) is 12.2 Å². The van der Waals surface area contributed by atoms with Gasteiger partial charge >= 0.3 is 0 Å². The number of aryl methyl sites for hydroxylation is 1. The molecular weight excluding hydrogens is 309 g/mol. The summed E-state index contributed by atoms with van der Waals surface area (Å²) >= 11 is 0. The maximum absolute atomic E-state index is 13.2. The van der Waals surface area contributed by atoms with Crippen LogP contribution in [0.4, 0.5) is 10.1 Å². The third-order valence-electron chi connectivity index (χ3n) is 5.29. The van der Waals surface area contributed by atoms with Gasteiger partial charge in [-0.05, 0) is 72.4 Å². The Bertz CT molecular complexity index is 898. The topological polar surface area (TPSA) is 3.24 Å². The van der Waals surface area contributed by atoms with Crippen LogP contribution < -0.4 is 4.90 Å². The van der Waals surface area contributed by atoms with Crippen LogP contribution in [0.5, 0.6) is 0 Å². The predicted octanol–water partition coefficient (Wildman–Crippen LogP) is 5.92. The van der Waals surface area contributed by atoms with E-state index in [1.54, 1.807) is 0 Å². The molecule has 0 radical (unpaired) electrons. The first-order valence-electron chi connectivity index (χ1n) is 8.84. The second kappa shape index (κ2) is 6.36. The van der Waals surface area contributed by atoms with E-state index in [1.165, 1.54) is 34.5 Å². The highest BCUT2D eigenvalue weighted by atomic mass is 19.1. The van der Waals surface area contributed by atoms with Gasteiger partial charge in [0.1, 0.15) is 5.82 Å². The number of para-hydroxylation sites is 1. The van der Waals surface area contributed by atoms with Gasteiger partial charge in [-0.3, -0.25) is 0 Å². The number of halogens is 1. The molecule has 3 aromatic carbocycles. The Kier molecular flexibility index (Phi) is 4.04. The van der Waals surface area contributed by atoms with Crippen molar-refractivity contribution in [1.29, 1.82) is 0 Å². The zero-order valence-corrected chi connectivity index (χ0v) is 14.7. The molecule has 0 N–H and O–H groups in total. The molecule has 25 heavy (non-hydrogen) atoms. The summed E-state index contributed by atoms with van der Waals surface area (Å²) in [5.41, 5.74) is 7.63. The standard InChI is InChI=1S/C23H22FN/c1-16-5-3-4-6-23(16)25-14-13-19-7-8-20(15-22(19)17(25)2)18-9-11-21(24)12-10-18/h3-12,15,17H,13-14H2,1-2H3. The number of nitrogens with zero attached hydrogens (tertiary/aromatic N) is 1. The van der Waals surface area contributed by atoms with Crippen molar-refractivity contribution in [1.82, 2.24) is 0 Å². The van der Waals surface area contributed by atoms with Gasteiger partial charge in [-0.1, -0.05) is 42.5 Å². The van der Waals surface area contributed by atoms with Crippen LogP contribution in [0, 0.1) is 12.7 Å². The van der Waals surface area contributed by atoms with Gasteiger partial charge in [0.2, 0.25) is 0 Å². The first-order chi connectivity index (χ1) is 12.1. The van der Waals surface area contributed by atoms with E-state index >= 15 is 0 Å². The Balaban J connectivity index is 1.72. The van der Waals surface area contributed by atoms with Crippen LogP contribution >= 0.6 is 0 Å². The summed E-state index contributed by atoms with van der Waals surface area (Å²) in [6, 6.07) is 22.3. The number of hydrogen-bond acceptors (Lipinski definition) is 1. The van der Waals surface area contributed by atoms with Crippen molar-refractivity contribution in [2.45, 2.75) is 26.3 Å². The second-order valence-electron chi connectivity index (χ2n) is 6.83. The Morgan fingerprint density at radius 1 is 0.920 bits per heavy atom. The molecule has 0 saturated carbocycles. The lowest BCUT2D eigenvalue weighted by molar-refractivity contribution is 0.623. The van der Waals surface area contributed by atoms with Crippen LogP contribution in [0.2, 0.25) is 0 Å². The molecule has 2 heteroatoms. The molecule has 4 rings (SSSR count). The van der Waals surface area contributed by atoms with Gasteiger partial charge < -0.3 is 4.90 Å². The number of fused-ring (bicyclic) bond motifs is 1. The molecule has 0 amide bonds. The summed E-state index contributed by atoms with van der Waals surface area (Å²) in [6.07, 6.45) is 1.05. The molecule has 126 valence electrons. The molecule has 1 nitrogen and oxygen atoms in total. The van der Waals surface area contributed by atoms with Crippen LogP contribution in [-0.2, 0) is 6.42 Å². The minimum Gasteiger partial charge on any atom is -0.364 e. The molecule has 0 bridgehead atoms. The molecule has 0 fully saturated rings. The van der Waals surface area contributed by atoms with Gasteiger partial charge in [-0.15, -0.1) is 0 Å². The average Bonchev–Trinajstić information content (AvgIpc) is 2.63. The van der Waals surface area contributed by atoms with Crippen molar-refractivity contribution >= 4 is 5.69 Å². The van der Waals surface area contributed by atoms with E-state index in [0.717, 1.165) is 24.1 Å². The van der Waals surface area contributed by atoms with E-state index in [2.05, 4.69) is 61.2 Å². The summed E-state index contributed by atoms with van der Waals surface area (Å²) in [5, 5.41) is 0. The van der Waals surface area contributed by atoms with Crippen molar-refractivity contribution < 1.29 is 4.39 Å². The zero-order valence-electron chi connectivity index (χ0n) is 14.7. The summed E-state index contributed by atoms with van der Waals surface area (Å²) in [4.78, 5) is 2.49. The molecule has 1 aliphatic rings. The van der Waals surface area contributed by atoms with Crippen LogP contribution in [0.1, 0.15) is 29.7 Å². The van der Waals surface area contributed by atoms with E-state index in [1.807, 2.05) is 12.1 Å². The van der Waals surface area contributed by atoms with Gasteiger partial charge in [-0.2, -0.15) is 0 Å². The van der Waals surface area contributed by atoms with Crippen LogP contribution in [0.3, 0.4) is 0 Å². The van der Waals surface area contributed by atoms with Gasteiger partial charge in [0.05, 0.1) is 6.04 Å². The van der Waals surface area contributed by atoms with Gasteiger partial charge in [0.15, 0.2) is 0 Å². The third kappa shape index (κ3) is 2.93. The number of anilines is 1. The fraction of sp³-hybridized carbons (Fsp3) is 0.217. The fourth-order valence-electron chi connectivity index (χ4n) is 3.85. The van der Waals surface area contributed by atoms with Crippen molar-refractivity contribution in [2.75, 3.05) is 11.4 Å². The average molecular weight is 331 g/mol. The van der Waals surface area contributed by atoms with Crippen molar-refractivity contribution in [3.05, 3.63) is 89.2 Å². The van der Waals surface area contributed by atoms with Crippen LogP contribution in [0.15, 0.2) is 66.7 Å². The minimum atomic E-state index is -0.194. The summed E-state index contributed by atoms with van der Waals surface area (Å²) < 4.78 is 13.2. The molecule has 1 unspecified atom stereocenters. The lowest BCUT2D eigenvalue weighted by Gasteiger charge is -2.38. The molecule has 3 aromatic rings. The number of hydrogen-bond donors (Lipinski definition) is 0. The highest BCUT2D eigenvalue weighted by Gasteiger charge is 2.25. The monoisotopic (exact) mass is 331 g/mol. The first kappa shape index (κ1) is 15.9. The van der Waals surface area contributed by atoms with E-state index < -0.39 is 0 Å². The quantitative estimate of drug-likeness (QED) is 0.563. The lowest BCUT2D eigenvalue weighted by atomic mass is 9.89. The SMILES string of the molecule is Cc1ccccc1N1CCc2ccc(-c3ccc(F)cc3)cc2C1C. The smallest absolute Gasteiger partial charge is 0.123 e. The normalized spacial score (nSPS) is 16.6. The van der Waals surface area contributed by atoms with E-state index in [-0.39, 0.29) is 5.82 Å². The highest BCUT2D eigenvalue weighted by Crippen LogP contribution is 2.36. The van der Waals surface area contributed by atoms with Crippen molar-refractivity contribution in [2.24, 2.45) is 0 Å². The molecule has 0 spiro atoms. The molecule has 1 atom stereocenters. The Morgan fingerprint density at radius 2 is 1.64 bits per heavy atom.